The van der Waals surface area contributed by atoms with Crippen molar-refractivity contribution in [3.05, 3.63) is 72.1 Å². The van der Waals surface area contributed by atoms with Crippen LogP contribution in [-0.4, -0.2) is 9.97 Å². The molecule has 0 unspecified atom stereocenters. The first kappa shape index (κ1) is 18.3. The molecule has 0 radical (unpaired) electrons. The second-order valence-corrected chi connectivity index (χ2v) is 8.95. The Morgan fingerprint density at radius 3 is 1.31 bits per heavy atom. The molecular formula is C24H28N2. The molecule has 0 saturated heterocycles. The number of aromatic nitrogens is 2. The predicted molar refractivity (Wildman–Crippen MR) is 110 cm³/mol. The smallest absolute Gasteiger partial charge is 0.159 e. The molecule has 3 aromatic rings. The van der Waals surface area contributed by atoms with Gasteiger partial charge < -0.3 is 0 Å². The lowest BCUT2D eigenvalue weighted by Crippen LogP contribution is -2.12. The molecule has 0 aliphatic rings. The van der Waals surface area contributed by atoms with Gasteiger partial charge in [0.05, 0.1) is 0 Å². The average Bonchev–Trinajstić information content (AvgIpc) is 2.61. The summed E-state index contributed by atoms with van der Waals surface area (Å²) in [6, 6.07) is 17.3. The lowest BCUT2D eigenvalue weighted by Gasteiger charge is -2.19. The molecule has 0 bridgehead atoms. The van der Waals surface area contributed by atoms with E-state index in [2.05, 4.69) is 100 Å². The molecule has 0 fully saturated rings. The van der Waals surface area contributed by atoms with Crippen molar-refractivity contribution in [2.45, 2.75) is 52.4 Å². The highest BCUT2D eigenvalue weighted by Crippen LogP contribution is 2.28. The maximum absolute atomic E-state index is 4.55. The minimum absolute atomic E-state index is 0.0710. The van der Waals surface area contributed by atoms with Crippen molar-refractivity contribution in [1.29, 1.82) is 0 Å². The minimum Gasteiger partial charge on any atom is -0.236 e. The molecule has 1 heterocycles. The van der Waals surface area contributed by atoms with Gasteiger partial charge >= 0.3 is 0 Å². The van der Waals surface area contributed by atoms with E-state index in [1.165, 1.54) is 16.7 Å². The lowest BCUT2D eigenvalue weighted by atomic mass is 9.86. The van der Waals surface area contributed by atoms with Crippen molar-refractivity contribution in [2.75, 3.05) is 0 Å². The molecule has 134 valence electrons. The van der Waals surface area contributed by atoms with E-state index in [1.807, 2.05) is 12.4 Å². The summed E-state index contributed by atoms with van der Waals surface area (Å²) in [7, 11) is 0. The van der Waals surface area contributed by atoms with Gasteiger partial charge in [0.2, 0.25) is 0 Å². The zero-order chi connectivity index (χ0) is 18.9. The standard InChI is InChI=1S/C24H28N2/c1-23(2,3)20-13-11-18(12-14-20)17-7-9-19(10-8-17)22-25-15-21(16-26-22)24(4,5)6/h7-16H,1-6H3. The second kappa shape index (κ2) is 6.68. The Morgan fingerprint density at radius 1 is 0.500 bits per heavy atom. The van der Waals surface area contributed by atoms with Gasteiger partial charge in [-0.15, -0.1) is 0 Å². The van der Waals surface area contributed by atoms with E-state index in [4.69, 9.17) is 0 Å². The molecule has 0 amide bonds. The molecule has 1 aromatic heterocycles. The molecule has 0 aliphatic carbocycles. The van der Waals surface area contributed by atoms with Gasteiger partial charge in [0.25, 0.3) is 0 Å². The summed E-state index contributed by atoms with van der Waals surface area (Å²) >= 11 is 0. The van der Waals surface area contributed by atoms with E-state index in [1.54, 1.807) is 0 Å². The Labute approximate surface area is 157 Å². The van der Waals surface area contributed by atoms with Crippen LogP contribution in [0, 0.1) is 0 Å². The van der Waals surface area contributed by atoms with Crippen LogP contribution in [0.2, 0.25) is 0 Å². The molecule has 0 aliphatic heterocycles. The van der Waals surface area contributed by atoms with E-state index < -0.39 is 0 Å². The van der Waals surface area contributed by atoms with Gasteiger partial charge in [-0.05, 0) is 33.1 Å². The average molecular weight is 345 g/mol. The number of hydrogen-bond donors (Lipinski definition) is 0. The Morgan fingerprint density at radius 2 is 0.885 bits per heavy atom. The molecule has 0 spiro atoms. The van der Waals surface area contributed by atoms with Crippen LogP contribution < -0.4 is 0 Å². The van der Waals surface area contributed by atoms with E-state index in [-0.39, 0.29) is 10.8 Å². The van der Waals surface area contributed by atoms with Gasteiger partial charge in [-0.25, -0.2) is 9.97 Å². The Balaban J connectivity index is 1.82. The van der Waals surface area contributed by atoms with Crippen LogP contribution in [0.4, 0.5) is 0 Å². The molecule has 2 heteroatoms. The molecule has 0 atom stereocenters. The monoisotopic (exact) mass is 344 g/mol. The topological polar surface area (TPSA) is 25.8 Å². The first-order valence-corrected chi connectivity index (χ1v) is 9.18. The predicted octanol–water partition coefficient (Wildman–Crippen LogP) is 6.41. The second-order valence-electron chi connectivity index (χ2n) is 8.95. The van der Waals surface area contributed by atoms with Crippen LogP contribution in [-0.2, 0) is 10.8 Å². The van der Waals surface area contributed by atoms with Crippen LogP contribution in [0.3, 0.4) is 0 Å². The molecule has 2 nitrogen and oxygen atoms in total. The largest absolute Gasteiger partial charge is 0.236 e. The zero-order valence-electron chi connectivity index (χ0n) is 16.7. The third kappa shape index (κ3) is 4.01. The van der Waals surface area contributed by atoms with Gasteiger partial charge in [0, 0.05) is 18.0 Å². The third-order valence-corrected chi connectivity index (χ3v) is 4.75. The number of benzene rings is 2. The molecule has 0 saturated carbocycles. The van der Waals surface area contributed by atoms with Crippen LogP contribution in [0.1, 0.15) is 52.7 Å². The molecule has 26 heavy (non-hydrogen) atoms. The summed E-state index contributed by atoms with van der Waals surface area (Å²) < 4.78 is 0. The number of hydrogen-bond acceptors (Lipinski definition) is 2. The Kier molecular flexibility index (Phi) is 4.70. The van der Waals surface area contributed by atoms with Crippen molar-refractivity contribution < 1.29 is 0 Å². The normalized spacial score (nSPS) is 12.2. The highest BCUT2D eigenvalue weighted by Gasteiger charge is 2.15. The van der Waals surface area contributed by atoms with Gasteiger partial charge in [0.15, 0.2) is 5.82 Å². The third-order valence-electron chi connectivity index (χ3n) is 4.75. The van der Waals surface area contributed by atoms with Gasteiger partial charge in [-0.1, -0.05) is 90.1 Å². The van der Waals surface area contributed by atoms with Gasteiger partial charge in [-0.2, -0.15) is 0 Å². The van der Waals surface area contributed by atoms with Crippen LogP contribution in [0.25, 0.3) is 22.5 Å². The Bertz CT molecular complexity index is 783. The summed E-state index contributed by atoms with van der Waals surface area (Å²) in [4.78, 5) is 9.09. The number of nitrogens with zero attached hydrogens (tertiary/aromatic N) is 2. The summed E-state index contributed by atoms with van der Waals surface area (Å²) in [5.74, 6) is 0.771. The van der Waals surface area contributed by atoms with Crippen LogP contribution in [0.5, 0.6) is 0 Å². The van der Waals surface area contributed by atoms with Crippen LogP contribution in [0.15, 0.2) is 60.9 Å². The first-order chi connectivity index (χ1) is 12.1. The maximum atomic E-state index is 4.55. The van der Waals surface area contributed by atoms with Crippen molar-refractivity contribution in [3.63, 3.8) is 0 Å². The lowest BCUT2D eigenvalue weighted by molar-refractivity contribution is 0.584. The molecule has 2 aromatic carbocycles. The molecule has 0 N–H and O–H groups in total. The molecule has 3 rings (SSSR count). The van der Waals surface area contributed by atoms with E-state index in [0.29, 0.717) is 0 Å². The Hall–Kier alpha value is -2.48. The number of rotatable bonds is 2. The van der Waals surface area contributed by atoms with E-state index >= 15 is 0 Å². The van der Waals surface area contributed by atoms with Crippen molar-refractivity contribution in [1.82, 2.24) is 9.97 Å². The maximum Gasteiger partial charge on any atom is 0.159 e. The van der Waals surface area contributed by atoms with E-state index in [9.17, 15) is 0 Å². The van der Waals surface area contributed by atoms with Gasteiger partial charge in [-0.3, -0.25) is 0 Å². The molecular weight excluding hydrogens is 316 g/mol. The highest BCUT2D eigenvalue weighted by molar-refractivity contribution is 5.68. The summed E-state index contributed by atoms with van der Waals surface area (Å²) in [6.07, 6.45) is 3.86. The highest BCUT2D eigenvalue weighted by atomic mass is 14.9. The fourth-order valence-electron chi connectivity index (χ4n) is 2.84. The quantitative estimate of drug-likeness (QED) is 0.537. The van der Waals surface area contributed by atoms with Gasteiger partial charge in [0.1, 0.15) is 0 Å². The minimum atomic E-state index is 0.0710. The fraction of sp³-hybridized carbons (Fsp3) is 0.333. The summed E-state index contributed by atoms with van der Waals surface area (Å²) in [5, 5.41) is 0. The first-order valence-electron chi connectivity index (χ1n) is 9.18. The summed E-state index contributed by atoms with van der Waals surface area (Å²) in [6.45, 7) is 13.2. The van der Waals surface area contributed by atoms with Crippen molar-refractivity contribution >= 4 is 0 Å². The zero-order valence-corrected chi connectivity index (χ0v) is 16.7. The van der Waals surface area contributed by atoms with E-state index in [0.717, 1.165) is 17.0 Å². The van der Waals surface area contributed by atoms with Crippen LogP contribution >= 0.6 is 0 Å². The summed E-state index contributed by atoms with van der Waals surface area (Å²) in [5.41, 5.74) is 6.23. The fourth-order valence-corrected chi connectivity index (χ4v) is 2.84. The van der Waals surface area contributed by atoms with Crippen molar-refractivity contribution in [2.24, 2.45) is 0 Å². The van der Waals surface area contributed by atoms with Crippen molar-refractivity contribution in [3.8, 4) is 22.5 Å². The SMILES string of the molecule is CC(C)(C)c1ccc(-c2ccc(-c3ncc(C(C)(C)C)cn3)cc2)cc1.